The van der Waals surface area contributed by atoms with E-state index in [2.05, 4.69) is 5.10 Å². The molecule has 0 unspecified atom stereocenters. The van der Waals surface area contributed by atoms with E-state index in [0.29, 0.717) is 9.52 Å². The molecule has 20 heavy (non-hydrogen) atoms. The van der Waals surface area contributed by atoms with Crippen molar-refractivity contribution >= 4 is 41.3 Å². The minimum absolute atomic E-state index is 0.255. The first kappa shape index (κ1) is 14.7. The summed E-state index contributed by atoms with van der Waals surface area (Å²) in [4.78, 5) is 11.6. The highest BCUT2D eigenvalue weighted by molar-refractivity contribution is 8.00. The van der Waals surface area contributed by atoms with E-state index in [1.807, 2.05) is 6.26 Å². The van der Waals surface area contributed by atoms with E-state index in [1.165, 1.54) is 23.1 Å². The van der Waals surface area contributed by atoms with Crippen LogP contribution in [0, 0.1) is 15.3 Å². The Kier molecular flexibility index (Phi) is 4.89. The second kappa shape index (κ2) is 6.65. The van der Waals surface area contributed by atoms with Gasteiger partial charge in [0.1, 0.15) is 6.07 Å². The van der Waals surface area contributed by atoms with Gasteiger partial charge < -0.3 is 4.74 Å². The average Bonchev–Trinajstić information content (AvgIpc) is 2.86. The number of carbonyl (C=O) groups excluding carboxylic acids is 1. The predicted octanol–water partition coefficient (Wildman–Crippen LogP) is 3.07. The molecule has 0 N–H and O–H groups in total. The molecule has 0 fully saturated rings. The van der Waals surface area contributed by atoms with E-state index in [1.54, 1.807) is 35.0 Å². The fourth-order valence-electron chi connectivity index (χ4n) is 1.43. The summed E-state index contributed by atoms with van der Waals surface area (Å²) >= 11 is 8.20. The van der Waals surface area contributed by atoms with E-state index in [9.17, 15) is 4.79 Å². The lowest BCUT2D eigenvalue weighted by molar-refractivity contribution is 0.0555. The molecule has 0 bridgehead atoms. The molecule has 5 nitrogen and oxygen atoms in total. The maximum atomic E-state index is 11.6. The van der Waals surface area contributed by atoms with E-state index >= 15 is 0 Å². The van der Waals surface area contributed by atoms with Crippen LogP contribution in [0.4, 0.5) is 0 Å². The fourth-order valence-corrected chi connectivity index (χ4v) is 3.21. The molecule has 0 spiro atoms. The van der Waals surface area contributed by atoms with Crippen LogP contribution in [0.15, 0.2) is 28.6 Å². The predicted molar refractivity (Wildman–Crippen MR) is 80.0 cm³/mol. The fraction of sp³-hybridized carbons (Fsp3) is 0.167. The molecule has 0 aliphatic carbocycles. The van der Waals surface area contributed by atoms with E-state index < -0.39 is 5.97 Å². The summed E-state index contributed by atoms with van der Waals surface area (Å²) in [5.74, 6) is -0.523. The van der Waals surface area contributed by atoms with Crippen molar-refractivity contribution in [1.29, 1.82) is 5.26 Å². The number of benzene rings is 1. The first-order valence-electron chi connectivity index (χ1n) is 5.44. The van der Waals surface area contributed by atoms with Crippen molar-refractivity contribution < 1.29 is 9.53 Å². The van der Waals surface area contributed by atoms with Gasteiger partial charge in [-0.2, -0.15) is 5.26 Å². The molecule has 0 atom stereocenters. The van der Waals surface area contributed by atoms with Gasteiger partial charge in [0, 0.05) is 0 Å². The molecule has 102 valence electrons. The van der Waals surface area contributed by atoms with Gasteiger partial charge in [0.25, 0.3) is 0 Å². The SMILES string of the molecule is CSc1nn(-c2ccc(C(=O)OCC#N)cc2)c(=S)s1. The number of carbonyl (C=O) groups is 1. The zero-order valence-corrected chi connectivity index (χ0v) is 12.8. The van der Waals surface area contributed by atoms with Gasteiger partial charge in [-0.25, -0.2) is 9.48 Å². The molecule has 0 amide bonds. The lowest BCUT2D eigenvalue weighted by Crippen LogP contribution is -2.05. The Morgan fingerprint density at radius 2 is 2.25 bits per heavy atom. The number of rotatable bonds is 4. The number of nitriles is 1. The van der Waals surface area contributed by atoms with Gasteiger partial charge in [-0.15, -0.1) is 5.10 Å². The molecule has 0 aliphatic heterocycles. The molecule has 1 aromatic heterocycles. The van der Waals surface area contributed by atoms with Crippen LogP contribution >= 0.6 is 35.3 Å². The third-order valence-corrected chi connectivity index (χ3v) is 4.53. The zero-order valence-electron chi connectivity index (χ0n) is 10.4. The van der Waals surface area contributed by atoms with Crippen molar-refractivity contribution in [3.63, 3.8) is 0 Å². The minimum atomic E-state index is -0.523. The van der Waals surface area contributed by atoms with Crippen molar-refractivity contribution in [1.82, 2.24) is 9.78 Å². The van der Waals surface area contributed by atoms with Crippen LogP contribution in [0.2, 0.25) is 0 Å². The van der Waals surface area contributed by atoms with Gasteiger partial charge in [0.15, 0.2) is 14.9 Å². The lowest BCUT2D eigenvalue weighted by Gasteiger charge is -2.03. The topological polar surface area (TPSA) is 67.9 Å². The maximum absolute atomic E-state index is 11.6. The molecule has 0 radical (unpaired) electrons. The third-order valence-electron chi connectivity index (χ3n) is 2.32. The van der Waals surface area contributed by atoms with Gasteiger partial charge in [0.05, 0.1) is 11.3 Å². The standard InChI is InChI=1S/C12H9N3O2S3/c1-19-11-14-15(12(18)20-11)9-4-2-8(3-5-9)10(16)17-7-6-13/h2-5H,7H2,1H3. The summed E-state index contributed by atoms with van der Waals surface area (Å²) < 4.78 is 7.90. The number of hydrogen-bond acceptors (Lipinski definition) is 7. The summed E-state index contributed by atoms with van der Waals surface area (Å²) in [7, 11) is 0. The molecule has 1 heterocycles. The number of ether oxygens (including phenoxy) is 1. The van der Waals surface area contributed by atoms with Crippen LogP contribution in [0.1, 0.15) is 10.4 Å². The van der Waals surface area contributed by atoms with Gasteiger partial charge >= 0.3 is 5.97 Å². The summed E-state index contributed by atoms with van der Waals surface area (Å²) in [6.07, 6.45) is 1.94. The van der Waals surface area contributed by atoms with Crippen LogP contribution in [-0.2, 0) is 4.74 Å². The first-order valence-corrected chi connectivity index (χ1v) is 7.89. The largest absolute Gasteiger partial charge is 0.447 e. The summed E-state index contributed by atoms with van der Waals surface area (Å²) in [6.45, 7) is -0.255. The Labute approximate surface area is 128 Å². The normalized spacial score (nSPS) is 10.0. The number of hydrogen-bond donors (Lipinski definition) is 0. The summed E-state index contributed by atoms with van der Waals surface area (Å²) in [5.41, 5.74) is 1.17. The molecule has 1 aromatic carbocycles. The molecule has 0 saturated heterocycles. The Morgan fingerprint density at radius 1 is 1.55 bits per heavy atom. The average molecular weight is 323 g/mol. The van der Waals surface area contributed by atoms with Crippen LogP contribution in [0.25, 0.3) is 5.69 Å². The highest BCUT2D eigenvalue weighted by Crippen LogP contribution is 2.21. The van der Waals surface area contributed by atoms with Crippen LogP contribution < -0.4 is 0 Å². The number of esters is 1. The summed E-state index contributed by atoms with van der Waals surface area (Å²) in [5, 5.41) is 12.7. The monoisotopic (exact) mass is 323 g/mol. The van der Waals surface area contributed by atoms with Crippen molar-refractivity contribution in [3.8, 4) is 11.8 Å². The molecular formula is C12H9N3O2S3. The molecule has 0 aliphatic rings. The van der Waals surface area contributed by atoms with Crippen LogP contribution in [0.5, 0.6) is 0 Å². The molecule has 2 aromatic rings. The highest BCUT2D eigenvalue weighted by atomic mass is 32.2. The van der Waals surface area contributed by atoms with E-state index in [0.717, 1.165) is 10.0 Å². The Balaban J connectivity index is 2.24. The van der Waals surface area contributed by atoms with Gasteiger partial charge in [-0.1, -0.05) is 23.1 Å². The van der Waals surface area contributed by atoms with Crippen LogP contribution in [-0.4, -0.2) is 28.6 Å². The number of aromatic nitrogens is 2. The van der Waals surface area contributed by atoms with Crippen LogP contribution in [0.3, 0.4) is 0 Å². The van der Waals surface area contributed by atoms with Gasteiger partial charge in [0.2, 0.25) is 0 Å². The Hall–Kier alpha value is -1.69. The van der Waals surface area contributed by atoms with Gasteiger partial charge in [-0.3, -0.25) is 0 Å². The molecule has 2 rings (SSSR count). The van der Waals surface area contributed by atoms with Crippen molar-refractivity contribution in [2.45, 2.75) is 4.34 Å². The van der Waals surface area contributed by atoms with Crippen molar-refractivity contribution in [2.24, 2.45) is 0 Å². The Bertz CT molecular complexity index is 713. The first-order chi connectivity index (χ1) is 9.65. The Morgan fingerprint density at radius 3 is 2.80 bits per heavy atom. The van der Waals surface area contributed by atoms with Crippen molar-refractivity contribution in [2.75, 3.05) is 12.9 Å². The van der Waals surface area contributed by atoms with E-state index in [4.69, 9.17) is 22.2 Å². The molecule has 8 heteroatoms. The zero-order chi connectivity index (χ0) is 14.5. The summed E-state index contributed by atoms with van der Waals surface area (Å²) in [6, 6.07) is 8.47. The van der Waals surface area contributed by atoms with Gasteiger partial charge in [-0.05, 0) is 42.7 Å². The smallest absolute Gasteiger partial charge is 0.339 e. The molecule has 0 saturated carbocycles. The van der Waals surface area contributed by atoms with Crippen molar-refractivity contribution in [3.05, 3.63) is 33.8 Å². The highest BCUT2D eigenvalue weighted by Gasteiger charge is 2.09. The quantitative estimate of drug-likeness (QED) is 0.489. The maximum Gasteiger partial charge on any atom is 0.339 e. The molecular weight excluding hydrogens is 314 g/mol. The number of thioether (sulfide) groups is 1. The van der Waals surface area contributed by atoms with E-state index in [-0.39, 0.29) is 6.61 Å². The lowest BCUT2D eigenvalue weighted by atomic mass is 10.2. The minimum Gasteiger partial charge on any atom is -0.447 e. The third kappa shape index (κ3) is 3.25. The second-order valence-corrected chi connectivity index (χ2v) is 6.21. The number of nitrogens with zero attached hydrogens (tertiary/aromatic N) is 3. The second-order valence-electron chi connectivity index (χ2n) is 3.53.